The molecule has 0 aliphatic heterocycles. The Labute approximate surface area is 114 Å². The molecule has 108 valence electrons. The Bertz CT molecular complexity index is 566. The van der Waals surface area contributed by atoms with Crippen LogP contribution in [0.25, 0.3) is 11.4 Å². The number of ether oxygens (including phenoxy) is 1. The van der Waals surface area contributed by atoms with Crippen LogP contribution in [0.15, 0.2) is 36.7 Å². The van der Waals surface area contributed by atoms with E-state index in [-0.39, 0.29) is 6.61 Å². The van der Waals surface area contributed by atoms with Crippen molar-refractivity contribution in [3.8, 4) is 11.4 Å². The predicted octanol–water partition coefficient (Wildman–Crippen LogP) is 2.71. The number of nitrogens with zero attached hydrogens (tertiary/aromatic N) is 2. The molecule has 20 heavy (non-hydrogen) atoms. The van der Waals surface area contributed by atoms with Gasteiger partial charge in [0.05, 0.1) is 6.61 Å². The minimum absolute atomic E-state index is 0.0365. The van der Waals surface area contributed by atoms with E-state index < -0.39 is 12.8 Å². The molecule has 7 heteroatoms. The standard InChI is InChI=1S/C13H14F3N3O/c14-13(15,16)9-20-7-6-19-5-4-18-12(19)10-2-1-3-11(17)8-10/h1-5,8H,6-7,9,17H2. The molecule has 0 amide bonds. The van der Waals surface area contributed by atoms with Crippen LogP contribution in [0.3, 0.4) is 0 Å². The number of hydrogen-bond acceptors (Lipinski definition) is 3. The molecular weight excluding hydrogens is 271 g/mol. The van der Waals surface area contributed by atoms with Gasteiger partial charge in [-0.3, -0.25) is 0 Å². The van der Waals surface area contributed by atoms with Crippen LogP contribution < -0.4 is 5.73 Å². The van der Waals surface area contributed by atoms with Crippen LogP contribution in [0, 0.1) is 0 Å². The molecule has 4 nitrogen and oxygen atoms in total. The second-order valence-corrected chi connectivity index (χ2v) is 4.24. The molecule has 0 atom stereocenters. The molecule has 0 unspecified atom stereocenters. The average molecular weight is 285 g/mol. The van der Waals surface area contributed by atoms with Gasteiger partial charge in [0.1, 0.15) is 12.4 Å². The highest BCUT2D eigenvalue weighted by molar-refractivity contribution is 5.61. The van der Waals surface area contributed by atoms with Crippen molar-refractivity contribution in [3.05, 3.63) is 36.7 Å². The van der Waals surface area contributed by atoms with Crippen molar-refractivity contribution >= 4 is 5.69 Å². The molecule has 0 saturated carbocycles. The number of alkyl halides is 3. The van der Waals surface area contributed by atoms with Gasteiger partial charge in [-0.1, -0.05) is 12.1 Å². The number of imidazole rings is 1. The summed E-state index contributed by atoms with van der Waals surface area (Å²) in [7, 11) is 0. The third-order valence-electron chi connectivity index (χ3n) is 2.60. The second kappa shape index (κ2) is 5.96. The fraction of sp³-hybridized carbons (Fsp3) is 0.308. The van der Waals surface area contributed by atoms with E-state index in [1.807, 2.05) is 6.07 Å². The summed E-state index contributed by atoms with van der Waals surface area (Å²) in [4.78, 5) is 4.18. The van der Waals surface area contributed by atoms with Crippen LogP contribution in [-0.4, -0.2) is 28.9 Å². The number of nitrogen functional groups attached to an aromatic ring is 1. The molecule has 0 spiro atoms. The topological polar surface area (TPSA) is 53.1 Å². The first-order valence-electron chi connectivity index (χ1n) is 5.97. The summed E-state index contributed by atoms with van der Waals surface area (Å²) < 4.78 is 42.2. The number of aromatic nitrogens is 2. The van der Waals surface area contributed by atoms with E-state index in [4.69, 9.17) is 5.73 Å². The Morgan fingerprint density at radius 3 is 2.80 bits per heavy atom. The fourth-order valence-corrected chi connectivity index (χ4v) is 1.78. The molecule has 0 radical (unpaired) electrons. The minimum Gasteiger partial charge on any atom is -0.399 e. The minimum atomic E-state index is -4.30. The van der Waals surface area contributed by atoms with Crippen molar-refractivity contribution in [1.82, 2.24) is 9.55 Å². The van der Waals surface area contributed by atoms with Gasteiger partial charge in [-0.05, 0) is 12.1 Å². The largest absolute Gasteiger partial charge is 0.411 e. The summed E-state index contributed by atoms with van der Waals surface area (Å²) in [6.07, 6.45) is -1.02. The molecular formula is C13H14F3N3O. The predicted molar refractivity (Wildman–Crippen MR) is 68.9 cm³/mol. The first-order chi connectivity index (χ1) is 9.46. The van der Waals surface area contributed by atoms with Crippen molar-refractivity contribution in [1.29, 1.82) is 0 Å². The lowest BCUT2D eigenvalue weighted by Gasteiger charge is -2.10. The number of benzene rings is 1. The number of rotatable bonds is 5. The molecule has 0 aliphatic carbocycles. The van der Waals surface area contributed by atoms with Crippen molar-refractivity contribution < 1.29 is 17.9 Å². The number of anilines is 1. The monoisotopic (exact) mass is 285 g/mol. The van der Waals surface area contributed by atoms with E-state index in [2.05, 4.69) is 9.72 Å². The summed E-state index contributed by atoms with van der Waals surface area (Å²) in [5.74, 6) is 0.646. The summed E-state index contributed by atoms with van der Waals surface area (Å²) in [5, 5.41) is 0. The van der Waals surface area contributed by atoms with E-state index in [1.54, 1.807) is 35.2 Å². The van der Waals surface area contributed by atoms with Gasteiger partial charge in [-0.25, -0.2) is 4.98 Å². The Kier molecular flexibility index (Phi) is 4.29. The van der Waals surface area contributed by atoms with Gasteiger partial charge in [0.15, 0.2) is 0 Å². The zero-order valence-corrected chi connectivity index (χ0v) is 10.6. The SMILES string of the molecule is Nc1cccc(-c2nccn2CCOCC(F)(F)F)c1. The summed E-state index contributed by atoms with van der Waals surface area (Å²) in [5.41, 5.74) is 7.11. The Morgan fingerprint density at radius 1 is 1.30 bits per heavy atom. The maximum Gasteiger partial charge on any atom is 0.411 e. The molecule has 1 aromatic carbocycles. The normalized spacial score (nSPS) is 11.8. The van der Waals surface area contributed by atoms with E-state index in [0.29, 0.717) is 18.1 Å². The molecule has 0 bridgehead atoms. The molecule has 2 N–H and O–H groups in total. The van der Waals surface area contributed by atoms with Crippen LogP contribution >= 0.6 is 0 Å². The van der Waals surface area contributed by atoms with Crippen LogP contribution in [-0.2, 0) is 11.3 Å². The third-order valence-corrected chi connectivity index (χ3v) is 2.60. The average Bonchev–Trinajstić information content (AvgIpc) is 2.82. The van der Waals surface area contributed by atoms with Gasteiger partial charge in [-0.15, -0.1) is 0 Å². The van der Waals surface area contributed by atoms with E-state index >= 15 is 0 Å². The first kappa shape index (κ1) is 14.4. The molecule has 0 aliphatic rings. The molecule has 1 aromatic heterocycles. The third kappa shape index (κ3) is 3.99. The molecule has 2 aromatic rings. The first-order valence-corrected chi connectivity index (χ1v) is 5.97. The van der Waals surface area contributed by atoms with Crippen LogP contribution in [0.1, 0.15) is 0 Å². The van der Waals surface area contributed by atoms with E-state index in [1.165, 1.54) is 0 Å². The second-order valence-electron chi connectivity index (χ2n) is 4.24. The fourth-order valence-electron chi connectivity index (χ4n) is 1.78. The summed E-state index contributed by atoms with van der Waals surface area (Å²) in [6, 6.07) is 7.15. The van der Waals surface area contributed by atoms with Crippen molar-refractivity contribution in [2.24, 2.45) is 0 Å². The zero-order valence-electron chi connectivity index (χ0n) is 10.6. The summed E-state index contributed by atoms with van der Waals surface area (Å²) in [6.45, 7) is -0.985. The quantitative estimate of drug-likeness (QED) is 0.679. The molecule has 1 heterocycles. The highest BCUT2D eigenvalue weighted by Crippen LogP contribution is 2.20. The van der Waals surface area contributed by atoms with Crippen LogP contribution in [0.5, 0.6) is 0 Å². The van der Waals surface area contributed by atoms with Gasteiger partial charge in [0.25, 0.3) is 0 Å². The van der Waals surface area contributed by atoms with Gasteiger partial charge < -0.3 is 15.0 Å². The van der Waals surface area contributed by atoms with E-state index in [9.17, 15) is 13.2 Å². The smallest absolute Gasteiger partial charge is 0.399 e. The van der Waals surface area contributed by atoms with Gasteiger partial charge in [-0.2, -0.15) is 13.2 Å². The van der Waals surface area contributed by atoms with Crippen LogP contribution in [0.2, 0.25) is 0 Å². The van der Waals surface area contributed by atoms with Gasteiger partial charge in [0, 0.05) is 30.2 Å². The molecule has 0 fully saturated rings. The Hall–Kier alpha value is -2.02. The maximum atomic E-state index is 12.0. The number of nitrogens with two attached hydrogens (primary N) is 1. The van der Waals surface area contributed by atoms with E-state index in [0.717, 1.165) is 5.56 Å². The molecule has 2 rings (SSSR count). The highest BCUT2D eigenvalue weighted by Gasteiger charge is 2.27. The molecule has 0 saturated heterocycles. The number of halogens is 3. The Balaban J connectivity index is 1.99. The van der Waals surface area contributed by atoms with Crippen LogP contribution in [0.4, 0.5) is 18.9 Å². The Morgan fingerprint density at radius 2 is 2.10 bits per heavy atom. The van der Waals surface area contributed by atoms with Gasteiger partial charge >= 0.3 is 6.18 Å². The maximum absolute atomic E-state index is 12.0. The van der Waals surface area contributed by atoms with Gasteiger partial charge in [0.2, 0.25) is 0 Å². The summed E-state index contributed by atoms with van der Waals surface area (Å²) >= 11 is 0. The number of hydrogen-bond donors (Lipinski definition) is 1. The highest BCUT2D eigenvalue weighted by atomic mass is 19.4. The zero-order chi connectivity index (χ0) is 14.6. The lowest BCUT2D eigenvalue weighted by atomic mass is 10.2. The van der Waals surface area contributed by atoms with Crippen molar-refractivity contribution in [2.75, 3.05) is 18.9 Å². The lowest BCUT2D eigenvalue weighted by molar-refractivity contribution is -0.174. The van der Waals surface area contributed by atoms with Crippen molar-refractivity contribution in [3.63, 3.8) is 0 Å². The lowest BCUT2D eigenvalue weighted by Crippen LogP contribution is -2.19. The van der Waals surface area contributed by atoms with Crippen molar-refractivity contribution in [2.45, 2.75) is 12.7 Å².